The maximum atomic E-state index is 14.6. The summed E-state index contributed by atoms with van der Waals surface area (Å²) in [6.45, 7) is 18.6. The summed E-state index contributed by atoms with van der Waals surface area (Å²) in [6.07, 6.45) is 6.50. The number of unbranched alkanes of at least 4 members (excludes halogenated alkanes) is 3. The van der Waals surface area contributed by atoms with Gasteiger partial charge in [0.05, 0.1) is 49.3 Å². The van der Waals surface area contributed by atoms with E-state index >= 15 is 0 Å². The molecule has 0 saturated carbocycles. The molecule has 0 unspecified atom stereocenters. The van der Waals surface area contributed by atoms with E-state index in [1.165, 1.54) is 5.06 Å². The number of benzene rings is 1. The van der Waals surface area contributed by atoms with Crippen LogP contribution in [0.5, 0.6) is 0 Å². The summed E-state index contributed by atoms with van der Waals surface area (Å²) in [7, 11) is 6.85. The van der Waals surface area contributed by atoms with Gasteiger partial charge in [0.15, 0.2) is 0 Å². The van der Waals surface area contributed by atoms with Gasteiger partial charge in [-0.1, -0.05) is 105 Å². The molecule has 0 aliphatic carbocycles. The van der Waals surface area contributed by atoms with Gasteiger partial charge in [-0.25, -0.2) is 5.06 Å². The summed E-state index contributed by atoms with van der Waals surface area (Å²) >= 11 is 0. The fourth-order valence-electron chi connectivity index (χ4n) is 9.85. The minimum Gasteiger partial charge on any atom is -0.379 e. The number of hydrogen-bond acceptors (Lipinski definition) is 10. The van der Waals surface area contributed by atoms with Crippen molar-refractivity contribution in [3.63, 3.8) is 0 Å². The smallest absolute Gasteiger partial charge is 0.269 e. The standard InChI is InChI=1S/C50H87N7O8/c1-13-35(6)45(55(10)49(61)42(33(2)3)52-48(60)44(34(4)5)54(9)28-20-15-14-19-27-51)40(63-11)32-41(58)56-29-23-26-39(56)46(64-12)37(8)47(59)53-43(36(7)38-24-17-16-18-25-38)50(62)57-30-21-22-31-65-57/h16-18,24-25,33-37,39-40,42-46H,13-15,19-23,26-32,51H2,1-12H3,(H,52,60)(H,53,59)/t35-,36-,37+,39-,40+,42-,43-,44-,45-,46+/m0/s1. The molecule has 2 aliphatic rings. The van der Waals surface area contributed by atoms with E-state index in [-0.39, 0.29) is 59.6 Å². The van der Waals surface area contributed by atoms with Crippen molar-refractivity contribution in [2.24, 2.45) is 29.4 Å². The molecule has 2 fully saturated rings. The van der Waals surface area contributed by atoms with Crippen molar-refractivity contribution in [2.45, 2.75) is 168 Å². The Balaban J connectivity index is 1.80. The minimum atomic E-state index is -0.882. The normalized spacial score (nSPS) is 19.8. The molecule has 370 valence electrons. The van der Waals surface area contributed by atoms with Crippen LogP contribution in [-0.4, -0.2) is 153 Å². The van der Waals surface area contributed by atoms with Gasteiger partial charge in [-0.15, -0.1) is 0 Å². The van der Waals surface area contributed by atoms with Crippen LogP contribution < -0.4 is 16.4 Å². The lowest BCUT2D eigenvalue weighted by Gasteiger charge is -2.41. The highest BCUT2D eigenvalue weighted by atomic mass is 16.7. The lowest BCUT2D eigenvalue weighted by molar-refractivity contribution is -0.200. The van der Waals surface area contributed by atoms with Gasteiger partial charge in [0.1, 0.15) is 12.1 Å². The SMILES string of the molecule is CC[C@H](C)[C@@H]([C@@H](CC(=O)N1CCC[C@H]1[C@H](OC)[C@@H](C)C(=O)N[C@H](C(=O)N1CCCCO1)[C@@H](C)c1ccccc1)OC)N(C)C(=O)[C@@H](NC(=O)[C@H](C(C)C)N(C)CCCCCCN)C(C)C. The molecular weight excluding hydrogens is 827 g/mol. The zero-order valence-corrected chi connectivity index (χ0v) is 42.1. The number of nitrogens with zero attached hydrogens (tertiary/aromatic N) is 4. The second kappa shape index (κ2) is 27.9. The maximum absolute atomic E-state index is 14.6. The van der Waals surface area contributed by atoms with E-state index in [1.54, 1.807) is 38.0 Å². The van der Waals surface area contributed by atoms with Crippen LogP contribution in [-0.2, 0) is 38.3 Å². The van der Waals surface area contributed by atoms with Gasteiger partial charge in [0, 0.05) is 40.3 Å². The number of likely N-dealkylation sites (N-methyl/N-ethyl adjacent to an activating group) is 2. The van der Waals surface area contributed by atoms with Crippen molar-refractivity contribution < 1.29 is 38.3 Å². The van der Waals surface area contributed by atoms with E-state index in [1.807, 2.05) is 72.0 Å². The third-order valence-electron chi connectivity index (χ3n) is 14.0. The van der Waals surface area contributed by atoms with Gasteiger partial charge in [-0.3, -0.25) is 33.7 Å². The number of ether oxygens (including phenoxy) is 2. The molecule has 0 radical (unpaired) electrons. The number of amides is 5. The van der Waals surface area contributed by atoms with Gasteiger partial charge in [0.25, 0.3) is 5.91 Å². The number of nitrogens with one attached hydrogen (secondary N) is 2. The van der Waals surface area contributed by atoms with Crippen LogP contribution in [0, 0.1) is 23.7 Å². The van der Waals surface area contributed by atoms with Crippen LogP contribution in [0.4, 0.5) is 0 Å². The summed E-state index contributed by atoms with van der Waals surface area (Å²) in [6, 6.07) is 6.67. The molecule has 1 aromatic carbocycles. The van der Waals surface area contributed by atoms with E-state index in [2.05, 4.69) is 29.4 Å². The number of hydrogen-bond donors (Lipinski definition) is 3. The van der Waals surface area contributed by atoms with E-state index in [0.29, 0.717) is 32.7 Å². The topological polar surface area (TPSA) is 176 Å². The molecule has 0 spiro atoms. The quantitative estimate of drug-likeness (QED) is 0.0975. The van der Waals surface area contributed by atoms with Gasteiger partial charge in [-0.2, -0.15) is 0 Å². The van der Waals surface area contributed by atoms with Crippen LogP contribution >= 0.6 is 0 Å². The summed E-state index contributed by atoms with van der Waals surface area (Å²) in [5.41, 5.74) is 6.59. The predicted molar refractivity (Wildman–Crippen MR) is 255 cm³/mol. The first-order valence-corrected chi connectivity index (χ1v) is 24.6. The molecular formula is C50H87N7O8. The van der Waals surface area contributed by atoms with Gasteiger partial charge >= 0.3 is 0 Å². The maximum Gasteiger partial charge on any atom is 0.269 e. The van der Waals surface area contributed by atoms with Crippen molar-refractivity contribution in [2.75, 3.05) is 61.1 Å². The van der Waals surface area contributed by atoms with Crippen LogP contribution in [0.1, 0.15) is 131 Å². The Kier molecular flexibility index (Phi) is 23.9. The molecule has 0 bridgehead atoms. The van der Waals surface area contributed by atoms with Crippen molar-refractivity contribution in [1.29, 1.82) is 0 Å². The summed E-state index contributed by atoms with van der Waals surface area (Å²) in [5, 5.41) is 7.59. The third-order valence-corrected chi connectivity index (χ3v) is 14.0. The fraction of sp³-hybridized carbons (Fsp3) is 0.780. The van der Waals surface area contributed by atoms with E-state index in [4.69, 9.17) is 20.0 Å². The van der Waals surface area contributed by atoms with E-state index in [9.17, 15) is 24.0 Å². The monoisotopic (exact) mass is 914 g/mol. The first kappa shape index (κ1) is 55.7. The number of carbonyl (C=O) groups excluding carboxylic acids is 5. The van der Waals surface area contributed by atoms with Gasteiger partial charge in [0.2, 0.25) is 23.6 Å². The Bertz CT molecular complexity index is 1610. The molecule has 3 rings (SSSR count). The molecule has 2 saturated heterocycles. The molecule has 10 atom stereocenters. The highest BCUT2D eigenvalue weighted by Gasteiger charge is 2.44. The van der Waals surface area contributed by atoms with Gasteiger partial charge < -0.3 is 35.6 Å². The molecule has 4 N–H and O–H groups in total. The first-order valence-electron chi connectivity index (χ1n) is 24.6. The highest BCUT2D eigenvalue weighted by Crippen LogP contribution is 2.31. The zero-order chi connectivity index (χ0) is 48.4. The third kappa shape index (κ3) is 15.5. The Morgan fingerprint density at radius 2 is 1.49 bits per heavy atom. The first-order chi connectivity index (χ1) is 30.9. The minimum absolute atomic E-state index is 0.00183. The second-order valence-electron chi connectivity index (χ2n) is 19.4. The number of methoxy groups -OCH3 is 2. The summed E-state index contributed by atoms with van der Waals surface area (Å²) in [4.78, 5) is 82.6. The molecule has 1 aromatic rings. The van der Waals surface area contributed by atoms with Crippen molar-refractivity contribution in [3.8, 4) is 0 Å². The van der Waals surface area contributed by atoms with Crippen LogP contribution in [0.15, 0.2) is 30.3 Å². The average molecular weight is 914 g/mol. The van der Waals surface area contributed by atoms with Gasteiger partial charge in [-0.05, 0) is 82.0 Å². The molecule has 15 nitrogen and oxygen atoms in total. The largest absolute Gasteiger partial charge is 0.379 e. The number of rotatable bonds is 27. The predicted octanol–water partition coefficient (Wildman–Crippen LogP) is 5.37. The van der Waals surface area contributed by atoms with Crippen molar-refractivity contribution in [3.05, 3.63) is 35.9 Å². The van der Waals surface area contributed by atoms with Crippen molar-refractivity contribution >= 4 is 29.5 Å². The van der Waals surface area contributed by atoms with Crippen molar-refractivity contribution in [1.82, 2.24) is 30.4 Å². The Morgan fingerprint density at radius 3 is 2.06 bits per heavy atom. The number of likely N-dealkylation sites (tertiary alicyclic amines) is 1. The highest BCUT2D eigenvalue weighted by molar-refractivity contribution is 5.91. The Hall–Kier alpha value is -3.63. The lowest BCUT2D eigenvalue weighted by atomic mass is 9.89. The molecule has 65 heavy (non-hydrogen) atoms. The average Bonchev–Trinajstić information content (AvgIpc) is 3.79. The summed E-state index contributed by atoms with van der Waals surface area (Å²) in [5.74, 6) is -2.50. The van der Waals surface area contributed by atoms with E-state index in [0.717, 1.165) is 63.5 Å². The molecule has 5 amide bonds. The van der Waals surface area contributed by atoms with Crippen LogP contribution in [0.2, 0.25) is 0 Å². The zero-order valence-electron chi connectivity index (χ0n) is 42.1. The van der Waals surface area contributed by atoms with E-state index < -0.39 is 48.3 Å². The lowest BCUT2D eigenvalue weighted by Crippen LogP contribution is -2.60. The Morgan fingerprint density at radius 1 is 0.831 bits per heavy atom. The Labute approximate surface area is 391 Å². The molecule has 0 aromatic heterocycles. The fourth-order valence-corrected chi connectivity index (χ4v) is 9.85. The number of carbonyl (C=O) groups is 5. The van der Waals surface area contributed by atoms with Crippen LogP contribution in [0.3, 0.4) is 0 Å². The number of nitrogens with two attached hydrogens (primary N) is 1. The molecule has 2 heterocycles. The summed E-state index contributed by atoms with van der Waals surface area (Å²) < 4.78 is 12.2. The second-order valence-corrected chi connectivity index (χ2v) is 19.4. The van der Waals surface area contributed by atoms with Crippen LogP contribution in [0.25, 0.3) is 0 Å². The molecule has 2 aliphatic heterocycles. The molecule has 15 heteroatoms. The number of hydroxylamine groups is 2.